The summed E-state index contributed by atoms with van der Waals surface area (Å²) in [6, 6.07) is 8.73. The van der Waals surface area contributed by atoms with E-state index in [9.17, 15) is 13.6 Å². The molecule has 1 rings (SSSR count). The lowest BCUT2D eigenvalue weighted by atomic mass is 10.2. The van der Waals surface area contributed by atoms with Crippen LogP contribution in [0.3, 0.4) is 0 Å². The fraction of sp³-hybridized carbons (Fsp3) is 0.300. The Balaban J connectivity index is 2.42. The molecule has 0 radical (unpaired) electrons. The van der Waals surface area contributed by atoms with Crippen LogP contribution in [-0.4, -0.2) is 19.0 Å². The largest absolute Gasteiger partial charge is 0.428 e. The molecule has 0 saturated heterocycles. The van der Waals surface area contributed by atoms with Crippen LogP contribution in [0.25, 0.3) is 0 Å². The van der Waals surface area contributed by atoms with Gasteiger partial charge in [0.25, 0.3) is 6.36 Å². The molecule has 76 valence electrons. The number of carbonyl (C=O) groups is 1. The summed E-state index contributed by atoms with van der Waals surface area (Å²) in [6.45, 7) is -1.31. The van der Waals surface area contributed by atoms with Gasteiger partial charge in [0.05, 0.1) is 6.42 Å². The van der Waals surface area contributed by atoms with Crippen molar-refractivity contribution in [3.8, 4) is 0 Å². The quantitative estimate of drug-likeness (QED) is 0.695. The number of rotatable bonds is 4. The fourth-order valence-corrected chi connectivity index (χ4v) is 0.978. The third-order valence-corrected chi connectivity index (χ3v) is 1.57. The number of esters is 1. The minimum Gasteiger partial charge on any atom is -0.428 e. The van der Waals surface area contributed by atoms with Crippen molar-refractivity contribution in [2.45, 2.75) is 12.8 Å². The second kappa shape index (κ2) is 5.32. The highest BCUT2D eigenvalue weighted by Gasteiger charge is 2.12. The summed E-state index contributed by atoms with van der Waals surface area (Å²) in [7, 11) is 0. The fourth-order valence-electron chi connectivity index (χ4n) is 0.978. The van der Waals surface area contributed by atoms with E-state index in [0.717, 1.165) is 0 Å². The van der Waals surface area contributed by atoms with Gasteiger partial charge in [0, 0.05) is 0 Å². The summed E-state index contributed by atoms with van der Waals surface area (Å²) in [4.78, 5) is 11.0. The summed E-state index contributed by atoms with van der Waals surface area (Å²) < 4.78 is 28.0. The first-order valence-electron chi connectivity index (χ1n) is 4.16. The molecular weight excluding hydrogens is 190 g/mol. The normalized spacial score (nSPS) is 12.1. The number of benzene rings is 1. The van der Waals surface area contributed by atoms with Crippen LogP contribution in [0.2, 0.25) is 0 Å². The zero-order valence-electron chi connectivity index (χ0n) is 7.45. The Bertz CT molecular complexity index is 287. The summed E-state index contributed by atoms with van der Waals surface area (Å²) in [5.74, 6) is -0.763. The zero-order valence-corrected chi connectivity index (χ0v) is 7.45. The number of halogens is 2. The Hall–Kier alpha value is -1.45. The predicted molar refractivity (Wildman–Crippen MR) is 47.1 cm³/mol. The van der Waals surface area contributed by atoms with Crippen LogP contribution in [0.4, 0.5) is 8.78 Å². The Morgan fingerprint density at radius 1 is 1.36 bits per heavy atom. The maximum absolute atomic E-state index is 12.3. The molecule has 4 heteroatoms. The van der Waals surface area contributed by atoms with Gasteiger partial charge in [-0.25, -0.2) is 4.39 Å². The third kappa shape index (κ3) is 3.51. The zero-order chi connectivity index (χ0) is 10.4. The molecule has 0 aliphatic heterocycles. The third-order valence-electron chi connectivity index (χ3n) is 1.57. The van der Waals surface area contributed by atoms with Gasteiger partial charge < -0.3 is 4.74 Å². The summed E-state index contributed by atoms with van der Waals surface area (Å²) in [6.07, 6.45) is -2.19. The van der Waals surface area contributed by atoms with Crippen molar-refractivity contribution in [2.24, 2.45) is 0 Å². The molecule has 0 saturated carbocycles. The van der Waals surface area contributed by atoms with Gasteiger partial charge >= 0.3 is 5.97 Å². The molecule has 0 bridgehead atoms. The van der Waals surface area contributed by atoms with Crippen LogP contribution in [-0.2, 0) is 16.0 Å². The molecule has 0 fully saturated rings. The van der Waals surface area contributed by atoms with E-state index in [1.807, 2.05) is 0 Å². The van der Waals surface area contributed by atoms with E-state index >= 15 is 0 Å². The van der Waals surface area contributed by atoms with Gasteiger partial charge in [0.15, 0.2) is 6.67 Å². The van der Waals surface area contributed by atoms with Gasteiger partial charge in [-0.1, -0.05) is 30.3 Å². The monoisotopic (exact) mass is 200 g/mol. The Morgan fingerprint density at radius 3 is 2.57 bits per heavy atom. The van der Waals surface area contributed by atoms with Crippen molar-refractivity contribution >= 4 is 5.97 Å². The topological polar surface area (TPSA) is 26.3 Å². The first kappa shape index (κ1) is 10.6. The van der Waals surface area contributed by atoms with Crippen molar-refractivity contribution in [2.75, 3.05) is 6.67 Å². The highest BCUT2D eigenvalue weighted by molar-refractivity contribution is 5.72. The summed E-state index contributed by atoms with van der Waals surface area (Å²) >= 11 is 0. The van der Waals surface area contributed by atoms with Crippen LogP contribution in [0.1, 0.15) is 5.56 Å². The van der Waals surface area contributed by atoms with Gasteiger partial charge in [0.1, 0.15) is 0 Å². The van der Waals surface area contributed by atoms with Crippen molar-refractivity contribution in [1.29, 1.82) is 0 Å². The summed E-state index contributed by atoms with van der Waals surface area (Å²) in [5, 5.41) is 0. The van der Waals surface area contributed by atoms with Crippen LogP contribution < -0.4 is 0 Å². The maximum Gasteiger partial charge on any atom is 0.312 e. The van der Waals surface area contributed by atoms with E-state index < -0.39 is 19.0 Å². The number of carbonyl (C=O) groups excluding carboxylic acids is 1. The standard InChI is InChI=1S/C10H10F2O2/c11-7-9(12)14-10(13)6-8-4-2-1-3-5-8/h1-5,9H,6-7H2. The van der Waals surface area contributed by atoms with Crippen LogP contribution in [0, 0.1) is 0 Å². The first-order valence-corrected chi connectivity index (χ1v) is 4.16. The molecule has 0 aromatic heterocycles. The van der Waals surface area contributed by atoms with Crippen molar-refractivity contribution in [1.82, 2.24) is 0 Å². The Kier molecular flexibility index (Phi) is 4.04. The van der Waals surface area contributed by atoms with E-state index in [1.165, 1.54) is 0 Å². The summed E-state index contributed by atoms with van der Waals surface area (Å²) in [5.41, 5.74) is 0.712. The lowest BCUT2D eigenvalue weighted by molar-refractivity contribution is -0.158. The number of hydrogen-bond acceptors (Lipinski definition) is 2. The molecule has 1 atom stereocenters. The molecule has 0 spiro atoms. The Labute approximate surface area is 80.5 Å². The molecule has 0 amide bonds. The van der Waals surface area contributed by atoms with Gasteiger partial charge in [-0.15, -0.1) is 0 Å². The lowest BCUT2D eigenvalue weighted by Crippen LogP contribution is -2.16. The molecule has 0 N–H and O–H groups in total. The van der Waals surface area contributed by atoms with E-state index in [-0.39, 0.29) is 6.42 Å². The average Bonchev–Trinajstić information content (AvgIpc) is 2.19. The lowest BCUT2D eigenvalue weighted by Gasteiger charge is -2.05. The van der Waals surface area contributed by atoms with Gasteiger partial charge in [-0.05, 0) is 5.56 Å². The minimum absolute atomic E-state index is 0.0404. The minimum atomic E-state index is -2.15. The molecule has 0 heterocycles. The molecule has 1 aromatic rings. The molecule has 1 unspecified atom stereocenters. The van der Waals surface area contributed by atoms with Crippen LogP contribution >= 0.6 is 0 Å². The SMILES string of the molecule is O=C(Cc1ccccc1)OC(F)CF. The smallest absolute Gasteiger partial charge is 0.312 e. The maximum atomic E-state index is 12.3. The first-order chi connectivity index (χ1) is 6.72. The molecular formula is C10H10F2O2. The van der Waals surface area contributed by atoms with Crippen molar-refractivity contribution < 1.29 is 18.3 Å². The van der Waals surface area contributed by atoms with E-state index in [4.69, 9.17) is 0 Å². The van der Waals surface area contributed by atoms with Crippen molar-refractivity contribution in [3.05, 3.63) is 35.9 Å². The Morgan fingerprint density at radius 2 is 2.00 bits per heavy atom. The van der Waals surface area contributed by atoms with E-state index in [2.05, 4.69) is 4.74 Å². The van der Waals surface area contributed by atoms with Gasteiger partial charge in [-0.3, -0.25) is 4.79 Å². The van der Waals surface area contributed by atoms with Crippen molar-refractivity contribution in [3.63, 3.8) is 0 Å². The molecule has 1 aromatic carbocycles. The average molecular weight is 200 g/mol. The molecule has 0 aliphatic carbocycles. The second-order valence-electron chi connectivity index (χ2n) is 2.72. The number of alkyl halides is 2. The van der Waals surface area contributed by atoms with Crippen LogP contribution in [0.15, 0.2) is 30.3 Å². The number of hydrogen-bond donors (Lipinski definition) is 0. The van der Waals surface area contributed by atoms with E-state index in [0.29, 0.717) is 5.56 Å². The predicted octanol–water partition coefficient (Wildman–Crippen LogP) is 2.04. The second-order valence-corrected chi connectivity index (χ2v) is 2.72. The number of ether oxygens (including phenoxy) is 1. The molecule has 2 nitrogen and oxygen atoms in total. The molecule has 14 heavy (non-hydrogen) atoms. The van der Waals surface area contributed by atoms with Gasteiger partial charge in [-0.2, -0.15) is 4.39 Å². The highest BCUT2D eigenvalue weighted by atomic mass is 19.2. The van der Waals surface area contributed by atoms with Gasteiger partial charge in [0.2, 0.25) is 0 Å². The van der Waals surface area contributed by atoms with Crippen LogP contribution in [0.5, 0.6) is 0 Å². The highest BCUT2D eigenvalue weighted by Crippen LogP contribution is 2.03. The molecule has 0 aliphatic rings. The van der Waals surface area contributed by atoms with E-state index in [1.54, 1.807) is 30.3 Å².